The number of halogens is 1. The van der Waals surface area contributed by atoms with Crippen LogP contribution in [0.3, 0.4) is 0 Å². The Morgan fingerprint density at radius 1 is 1.35 bits per heavy atom. The molecule has 0 radical (unpaired) electrons. The summed E-state index contributed by atoms with van der Waals surface area (Å²) in [5.41, 5.74) is 1.59. The number of amides is 1. The van der Waals surface area contributed by atoms with E-state index in [1.54, 1.807) is 25.1 Å². The first-order chi connectivity index (χ1) is 12.5. The van der Waals surface area contributed by atoms with Crippen molar-refractivity contribution in [2.75, 3.05) is 25.6 Å². The largest absolute Gasteiger partial charge is 0.466 e. The molecule has 0 aliphatic rings. The first-order valence-electron chi connectivity index (χ1n) is 8.64. The number of imidazole rings is 1. The maximum Gasteiger partial charge on any atom is 0.415 e. The Morgan fingerprint density at radius 3 is 2.77 bits per heavy atom. The van der Waals surface area contributed by atoms with Gasteiger partial charge in [-0.25, -0.2) is 9.78 Å². The number of alkyl halides is 1. The van der Waals surface area contributed by atoms with Crippen molar-refractivity contribution in [1.82, 2.24) is 14.9 Å². The summed E-state index contributed by atoms with van der Waals surface area (Å²) in [6, 6.07) is 5.20. The number of aromatic nitrogens is 2. The molecule has 26 heavy (non-hydrogen) atoms. The minimum Gasteiger partial charge on any atom is -0.466 e. The highest BCUT2D eigenvalue weighted by molar-refractivity contribution is 6.19. The Labute approximate surface area is 157 Å². The standard InChI is InChI=1S/C18H24ClN3O4/c1-4-8-22(11-13(10-19)17(23)25-5-2)18(24)26-14-6-7-15-16(9-14)21-12(3)20-15/h6-7,9,13H,4-5,8,10-11H2,1-3H3,(H,20,21). The number of carbonyl (C=O) groups excluding carboxylic acids is 2. The highest BCUT2D eigenvalue weighted by Gasteiger charge is 2.25. The minimum absolute atomic E-state index is 0.0751. The fourth-order valence-corrected chi connectivity index (χ4v) is 2.81. The Bertz CT molecular complexity index is 762. The summed E-state index contributed by atoms with van der Waals surface area (Å²) in [4.78, 5) is 33.4. The molecule has 1 unspecified atom stereocenters. The third-order valence-electron chi connectivity index (χ3n) is 3.78. The van der Waals surface area contributed by atoms with Gasteiger partial charge in [-0.15, -0.1) is 11.6 Å². The molecule has 1 N–H and O–H groups in total. The van der Waals surface area contributed by atoms with Crippen LogP contribution in [0, 0.1) is 12.8 Å². The number of aryl methyl sites for hydroxylation is 1. The van der Waals surface area contributed by atoms with Crippen LogP contribution < -0.4 is 4.74 Å². The smallest absolute Gasteiger partial charge is 0.415 e. The Kier molecular flexibility index (Phi) is 7.26. The molecule has 0 fully saturated rings. The third-order valence-corrected chi connectivity index (χ3v) is 4.15. The molecule has 142 valence electrons. The van der Waals surface area contributed by atoms with Crippen molar-refractivity contribution < 1.29 is 19.1 Å². The van der Waals surface area contributed by atoms with Crippen molar-refractivity contribution in [1.29, 1.82) is 0 Å². The molecule has 7 nitrogen and oxygen atoms in total. The molecule has 0 saturated carbocycles. The number of esters is 1. The van der Waals surface area contributed by atoms with Gasteiger partial charge >= 0.3 is 12.1 Å². The van der Waals surface area contributed by atoms with Crippen molar-refractivity contribution in [3.05, 3.63) is 24.0 Å². The third kappa shape index (κ3) is 5.11. The number of nitrogens with zero attached hydrogens (tertiary/aromatic N) is 2. The van der Waals surface area contributed by atoms with Crippen molar-refractivity contribution in [2.24, 2.45) is 5.92 Å². The van der Waals surface area contributed by atoms with Crippen LogP contribution in [0.5, 0.6) is 5.75 Å². The van der Waals surface area contributed by atoms with Gasteiger partial charge in [0.25, 0.3) is 0 Å². The average Bonchev–Trinajstić information content (AvgIpc) is 2.97. The zero-order chi connectivity index (χ0) is 19.1. The van der Waals surface area contributed by atoms with Crippen LogP contribution in [0.4, 0.5) is 4.79 Å². The lowest BCUT2D eigenvalue weighted by molar-refractivity contribution is -0.147. The van der Waals surface area contributed by atoms with Crippen LogP contribution in [0.1, 0.15) is 26.1 Å². The molecule has 1 atom stereocenters. The number of hydrogen-bond acceptors (Lipinski definition) is 5. The molecule has 0 saturated heterocycles. The van der Waals surface area contributed by atoms with E-state index >= 15 is 0 Å². The van der Waals surface area contributed by atoms with Crippen molar-refractivity contribution in [2.45, 2.75) is 27.2 Å². The van der Waals surface area contributed by atoms with Crippen molar-refractivity contribution in [3.63, 3.8) is 0 Å². The molecule has 0 bridgehead atoms. The molecule has 8 heteroatoms. The van der Waals surface area contributed by atoms with Crippen molar-refractivity contribution >= 4 is 34.7 Å². The molecule has 1 aromatic heterocycles. The normalized spacial score (nSPS) is 12.0. The predicted molar refractivity (Wildman–Crippen MR) is 99.6 cm³/mol. The van der Waals surface area contributed by atoms with Crippen LogP contribution in [-0.4, -0.2) is 52.5 Å². The highest BCUT2D eigenvalue weighted by Crippen LogP contribution is 2.20. The average molecular weight is 382 g/mol. The fourth-order valence-electron chi connectivity index (χ4n) is 2.58. The van der Waals surface area contributed by atoms with Gasteiger partial charge in [-0.2, -0.15) is 0 Å². The number of benzene rings is 1. The van der Waals surface area contributed by atoms with Gasteiger partial charge < -0.3 is 19.4 Å². The lowest BCUT2D eigenvalue weighted by atomic mass is 10.1. The molecular weight excluding hydrogens is 358 g/mol. The number of rotatable bonds is 8. The van der Waals surface area contributed by atoms with E-state index < -0.39 is 18.0 Å². The molecule has 1 aromatic carbocycles. The van der Waals surface area contributed by atoms with Gasteiger partial charge in [0.2, 0.25) is 0 Å². The second kappa shape index (κ2) is 9.43. The van der Waals surface area contributed by atoms with E-state index in [2.05, 4.69) is 9.97 Å². The Morgan fingerprint density at radius 2 is 2.12 bits per heavy atom. The van der Waals surface area contributed by atoms with Gasteiger partial charge in [0.15, 0.2) is 0 Å². The fraction of sp³-hybridized carbons (Fsp3) is 0.500. The SMILES string of the molecule is CCCN(CC(CCl)C(=O)OCC)C(=O)Oc1ccc2nc(C)[nH]c2c1. The van der Waals surface area contributed by atoms with Crippen LogP contribution >= 0.6 is 11.6 Å². The molecular formula is C18H24ClN3O4. The second-order valence-corrected chi connectivity index (χ2v) is 6.23. The number of carbonyl (C=O) groups is 2. The molecule has 0 spiro atoms. The molecule has 1 heterocycles. The van der Waals surface area contributed by atoms with E-state index in [1.165, 1.54) is 4.90 Å². The number of nitrogens with one attached hydrogen (secondary N) is 1. The zero-order valence-corrected chi connectivity index (χ0v) is 16.0. The van der Waals surface area contributed by atoms with E-state index in [4.69, 9.17) is 21.1 Å². The Balaban J connectivity index is 2.09. The van der Waals surface area contributed by atoms with Crippen LogP contribution in [0.25, 0.3) is 11.0 Å². The van der Waals surface area contributed by atoms with Gasteiger partial charge in [-0.3, -0.25) is 4.79 Å². The topological polar surface area (TPSA) is 84.5 Å². The number of H-pyrrole nitrogens is 1. The van der Waals surface area contributed by atoms with Crippen molar-refractivity contribution in [3.8, 4) is 5.75 Å². The second-order valence-electron chi connectivity index (χ2n) is 5.92. The monoisotopic (exact) mass is 381 g/mol. The maximum absolute atomic E-state index is 12.6. The van der Waals surface area contributed by atoms with E-state index in [9.17, 15) is 9.59 Å². The molecule has 2 rings (SSSR count). The van der Waals surface area contributed by atoms with Crippen LogP contribution in [-0.2, 0) is 9.53 Å². The van der Waals surface area contributed by atoms with Gasteiger partial charge in [0, 0.05) is 25.0 Å². The van der Waals surface area contributed by atoms with Gasteiger partial charge in [-0.05, 0) is 32.4 Å². The predicted octanol–water partition coefficient (Wildman–Crippen LogP) is 3.50. The summed E-state index contributed by atoms with van der Waals surface area (Å²) in [5, 5.41) is 0. The maximum atomic E-state index is 12.6. The summed E-state index contributed by atoms with van der Waals surface area (Å²) in [6.45, 7) is 6.41. The summed E-state index contributed by atoms with van der Waals surface area (Å²) < 4.78 is 10.5. The summed E-state index contributed by atoms with van der Waals surface area (Å²) in [5.74, 6) is 0.270. The minimum atomic E-state index is -0.589. The van der Waals surface area contributed by atoms with Crippen LogP contribution in [0.15, 0.2) is 18.2 Å². The van der Waals surface area contributed by atoms with Gasteiger partial charge in [0.05, 0.1) is 23.6 Å². The highest BCUT2D eigenvalue weighted by atomic mass is 35.5. The zero-order valence-electron chi connectivity index (χ0n) is 15.3. The van der Waals surface area contributed by atoms with Gasteiger partial charge in [0.1, 0.15) is 11.6 Å². The first-order valence-corrected chi connectivity index (χ1v) is 9.17. The lowest BCUT2D eigenvalue weighted by Gasteiger charge is -2.24. The number of fused-ring (bicyclic) bond motifs is 1. The van der Waals surface area contributed by atoms with Crippen LogP contribution in [0.2, 0.25) is 0 Å². The summed E-state index contributed by atoms with van der Waals surface area (Å²) in [6.07, 6.45) is 0.202. The molecule has 0 aliphatic heterocycles. The summed E-state index contributed by atoms with van der Waals surface area (Å²) in [7, 11) is 0. The number of ether oxygens (including phenoxy) is 2. The molecule has 1 amide bonds. The summed E-state index contributed by atoms with van der Waals surface area (Å²) >= 11 is 5.88. The van der Waals surface area contributed by atoms with Gasteiger partial charge in [-0.1, -0.05) is 6.92 Å². The quantitative estimate of drug-likeness (QED) is 0.558. The lowest BCUT2D eigenvalue weighted by Crippen LogP contribution is -2.41. The van der Waals surface area contributed by atoms with E-state index in [0.717, 1.165) is 23.3 Å². The van der Waals surface area contributed by atoms with E-state index in [-0.39, 0.29) is 19.0 Å². The number of hydrogen-bond donors (Lipinski definition) is 1. The number of aromatic amines is 1. The molecule has 2 aromatic rings. The van der Waals surface area contributed by atoms with E-state index in [0.29, 0.717) is 12.3 Å². The first kappa shape index (κ1) is 20.0. The molecule has 0 aliphatic carbocycles. The van der Waals surface area contributed by atoms with E-state index in [1.807, 2.05) is 13.8 Å². The Hall–Kier alpha value is -2.28.